The van der Waals surface area contributed by atoms with Crippen LogP contribution in [0.5, 0.6) is 0 Å². The van der Waals surface area contributed by atoms with E-state index in [2.05, 4.69) is 52.1 Å². The predicted octanol–water partition coefficient (Wildman–Crippen LogP) is 3.86. The fourth-order valence-electron chi connectivity index (χ4n) is 3.63. The summed E-state index contributed by atoms with van der Waals surface area (Å²) in [5.74, 6) is 0.195. The molecule has 1 aliphatic heterocycles. The monoisotopic (exact) mass is 378 g/mol. The molecular weight excluding hydrogens is 352 g/mol. The number of likely N-dealkylation sites (tertiary alicyclic amines) is 1. The maximum atomic E-state index is 12.8. The molecule has 1 saturated heterocycles. The van der Waals surface area contributed by atoms with Crippen molar-refractivity contribution in [1.82, 2.24) is 10.2 Å². The molecule has 3 nitrogen and oxygen atoms in total. The summed E-state index contributed by atoms with van der Waals surface area (Å²) in [6.45, 7) is 7.52. The quantitative estimate of drug-likeness (QED) is 0.843. The summed E-state index contributed by atoms with van der Waals surface area (Å²) < 4.78 is 1.04. The summed E-state index contributed by atoms with van der Waals surface area (Å²) in [7, 11) is 0. The molecule has 2 aliphatic rings. The number of carbonyl (C=O) groups is 1. The van der Waals surface area contributed by atoms with Crippen LogP contribution in [-0.2, 0) is 10.2 Å². The van der Waals surface area contributed by atoms with Gasteiger partial charge in [0.25, 0.3) is 0 Å². The third-order valence-corrected chi connectivity index (χ3v) is 5.95. The van der Waals surface area contributed by atoms with E-state index in [4.69, 9.17) is 0 Å². The van der Waals surface area contributed by atoms with Gasteiger partial charge in [-0.25, -0.2) is 0 Å². The first-order chi connectivity index (χ1) is 10.9. The van der Waals surface area contributed by atoms with E-state index < -0.39 is 0 Å². The maximum absolute atomic E-state index is 12.8. The number of amides is 1. The van der Waals surface area contributed by atoms with Crippen LogP contribution in [-0.4, -0.2) is 36.0 Å². The average Bonchev–Trinajstić information content (AvgIpc) is 3.35. The number of hydrogen-bond donors (Lipinski definition) is 1. The standard InChI is InChI=1S/C19H27BrN2O/c1-18(2,22-11-4-3-5-12-22)14-21-17(23)19(9-10-19)15-7-6-8-16(20)13-15/h6-8,13H,3-5,9-12,14H2,1-2H3,(H,21,23). The number of rotatable bonds is 5. The van der Waals surface area contributed by atoms with Crippen LogP contribution in [0, 0.1) is 0 Å². The van der Waals surface area contributed by atoms with E-state index in [0.29, 0.717) is 0 Å². The molecule has 2 fully saturated rings. The fourth-order valence-corrected chi connectivity index (χ4v) is 4.03. The SMILES string of the molecule is CC(C)(CNC(=O)C1(c2cccc(Br)c2)CC1)N1CCCCC1. The molecule has 23 heavy (non-hydrogen) atoms. The third kappa shape index (κ3) is 3.63. The Morgan fingerprint density at radius 1 is 1.26 bits per heavy atom. The van der Waals surface area contributed by atoms with E-state index in [1.807, 2.05) is 12.1 Å². The van der Waals surface area contributed by atoms with E-state index >= 15 is 0 Å². The van der Waals surface area contributed by atoms with Gasteiger partial charge in [-0.15, -0.1) is 0 Å². The van der Waals surface area contributed by atoms with Crippen LogP contribution in [0.3, 0.4) is 0 Å². The van der Waals surface area contributed by atoms with Crippen molar-refractivity contribution in [2.24, 2.45) is 0 Å². The van der Waals surface area contributed by atoms with Crippen LogP contribution < -0.4 is 5.32 Å². The highest BCUT2D eigenvalue weighted by Gasteiger charge is 2.51. The number of benzene rings is 1. The van der Waals surface area contributed by atoms with Gasteiger partial charge >= 0.3 is 0 Å². The molecule has 3 rings (SSSR count). The van der Waals surface area contributed by atoms with E-state index in [1.165, 1.54) is 19.3 Å². The van der Waals surface area contributed by atoms with E-state index in [1.54, 1.807) is 0 Å². The molecule has 1 aliphatic carbocycles. The van der Waals surface area contributed by atoms with Crippen molar-refractivity contribution in [2.75, 3.05) is 19.6 Å². The Morgan fingerprint density at radius 3 is 2.57 bits per heavy atom. The van der Waals surface area contributed by atoms with Gasteiger partial charge in [0.1, 0.15) is 0 Å². The van der Waals surface area contributed by atoms with Gasteiger partial charge in [0.05, 0.1) is 5.41 Å². The lowest BCUT2D eigenvalue weighted by molar-refractivity contribution is -0.124. The number of halogens is 1. The molecule has 0 bridgehead atoms. The summed E-state index contributed by atoms with van der Waals surface area (Å²) in [4.78, 5) is 15.3. The van der Waals surface area contributed by atoms with E-state index in [9.17, 15) is 4.79 Å². The second-order valence-electron chi connectivity index (χ2n) is 7.64. The zero-order chi connectivity index (χ0) is 16.5. The molecule has 0 spiro atoms. The molecule has 1 N–H and O–H groups in total. The van der Waals surface area contributed by atoms with Crippen molar-refractivity contribution >= 4 is 21.8 Å². The second kappa shape index (κ2) is 6.56. The minimum atomic E-state index is -0.290. The zero-order valence-corrected chi connectivity index (χ0v) is 15.8. The van der Waals surface area contributed by atoms with Crippen molar-refractivity contribution in [3.63, 3.8) is 0 Å². The first-order valence-corrected chi connectivity index (χ1v) is 9.53. The number of nitrogens with zero attached hydrogens (tertiary/aromatic N) is 1. The normalized spacial score (nSPS) is 21.0. The summed E-state index contributed by atoms with van der Waals surface area (Å²) in [5.41, 5.74) is 0.880. The Balaban J connectivity index is 1.63. The molecule has 4 heteroatoms. The summed E-state index contributed by atoms with van der Waals surface area (Å²) in [6.07, 6.45) is 5.81. The van der Waals surface area contributed by atoms with E-state index in [-0.39, 0.29) is 16.9 Å². The Bertz CT molecular complexity index is 574. The summed E-state index contributed by atoms with van der Waals surface area (Å²) >= 11 is 3.52. The topological polar surface area (TPSA) is 32.3 Å². The highest BCUT2D eigenvalue weighted by atomic mass is 79.9. The van der Waals surface area contributed by atoms with Gasteiger partial charge < -0.3 is 5.32 Å². The Morgan fingerprint density at radius 2 is 1.96 bits per heavy atom. The van der Waals surface area contributed by atoms with Crippen LogP contribution in [0.4, 0.5) is 0 Å². The maximum Gasteiger partial charge on any atom is 0.230 e. The highest BCUT2D eigenvalue weighted by Crippen LogP contribution is 2.48. The van der Waals surface area contributed by atoms with Gasteiger partial charge in [-0.2, -0.15) is 0 Å². The van der Waals surface area contributed by atoms with Crippen molar-refractivity contribution < 1.29 is 4.79 Å². The summed E-state index contributed by atoms with van der Waals surface area (Å²) in [5, 5.41) is 3.25. The molecule has 1 aromatic rings. The molecule has 1 saturated carbocycles. The molecule has 126 valence electrons. The van der Waals surface area contributed by atoms with Crippen molar-refractivity contribution in [3.8, 4) is 0 Å². The first-order valence-electron chi connectivity index (χ1n) is 8.73. The minimum absolute atomic E-state index is 0.0312. The van der Waals surface area contributed by atoms with E-state index in [0.717, 1.165) is 42.5 Å². The summed E-state index contributed by atoms with van der Waals surface area (Å²) in [6, 6.07) is 8.19. The first kappa shape index (κ1) is 17.0. The lowest BCUT2D eigenvalue weighted by Crippen LogP contribution is -2.54. The van der Waals surface area contributed by atoms with Crippen LogP contribution in [0.15, 0.2) is 28.7 Å². The third-order valence-electron chi connectivity index (χ3n) is 5.46. The van der Waals surface area contributed by atoms with Crippen molar-refractivity contribution in [1.29, 1.82) is 0 Å². The smallest absolute Gasteiger partial charge is 0.230 e. The number of nitrogens with one attached hydrogen (secondary N) is 1. The Labute approximate surface area is 148 Å². The second-order valence-corrected chi connectivity index (χ2v) is 8.55. The largest absolute Gasteiger partial charge is 0.353 e. The van der Waals surface area contributed by atoms with Gasteiger partial charge in [-0.1, -0.05) is 34.5 Å². The van der Waals surface area contributed by atoms with Crippen LogP contribution in [0.2, 0.25) is 0 Å². The zero-order valence-electron chi connectivity index (χ0n) is 14.2. The molecule has 1 amide bonds. The molecule has 0 radical (unpaired) electrons. The number of piperidine rings is 1. The number of hydrogen-bond acceptors (Lipinski definition) is 2. The fraction of sp³-hybridized carbons (Fsp3) is 0.632. The molecule has 0 atom stereocenters. The Kier molecular flexibility index (Phi) is 4.84. The molecule has 1 heterocycles. The van der Waals surface area contributed by atoms with Gasteiger partial charge in [0.15, 0.2) is 0 Å². The molecule has 0 aromatic heterocycles. The van der Waals surface area contributed by atoms with Gasteiger partial charge in [0, 0.05) is 16.6 Å². The minimum Gasteiger partial charge on any atom is -0.353 e. The van der Waals surface area contributed by atoms with Crippen LogP contribution in [0.1, 0.15) is 51.5 Å². The number of carbonyl (C=O) groups excluding carboxylic acids is 1. The Hall–Kier alpha value is -0.870. The van der Waals surface area contributed by atoms with Crippen molar-refractivity contribution in [3.05, 3.63) is 34.3 Å². The lowest BCUT2D eigenvalue weighted by Gasteiger charge is -2.41. The van der Waals surface area contributed by atoms with Crippen LogP contribution in [0.25, 0.3) is 0 Å². The van der Waals surface area contributed by atoms with Crippen LogP contribution >= 0.6 is 15.9 Å². The van der Waals surface area contributed by atoms with Gasteiger partial charge in [0.2, 0.25) is 5.91 Å². The highest BCUT2D eigenvalue weighted by molar-refractivity contribution is 9.10. The van der Waals surface area contributed by atoms with Crippen molar-refractivity contribution in [2.45, 2.75) is 56.9 Å². The van der Waals surface area contributed by atoms with Gasteiger partial charge in [-0.3, -0.25) is 9.69 Å². The van der Waals surface area contributed by atoms with Gasteiger partial charge in [-0.05, 0) is 70.3 Å². The lowest BCUT2D eigenvalue weighted by atomic mass is 9.94. The predicted molar refractivity (Wildman–Crippen MR) is 97.6 cm³/mol. The molecule has 0 unspecified atom stereocenters. The average molecular weight is 379 g/mol. The molecule has 1 aromatic carbocycles. The molecular formula is C19H27BrN2O.